The van der Waals surface area contributed by atoms with E-state index in [1.807, 2.05) is 0 Å². The van der Waals surface area contributed by atoms with E-state index in [4.69, 9.17) is 0 Å². The first-order valence-corrected chi connectivity index (χ1v) is 7.83. The third-order valence-corrected chi connectivity index (χ3v) is 4.58. The normalized spacial score (nSPS) is 18.9. The smallest absolute Gasteiger partial charge is 0.349 e. The van der Waals surface area contributed by atoms with Crippen molar-refractivity contribution in [3.8, 4) is 0 Å². The molecule has 1 amide bonds. The summed E-state index contributed by atoms with van der Waals surface area (Å²) in [5.41, 5.74) is -1.18. The standard InChI is InChI=1S/C15H15BrF3NO/c16-10-5-6-11(12(7-10)15(17,18)19)14(21)20-13(8-1-2-8)9-3-4-9/h5-9,13H,1-4H2,(H,20,21). The maximum atomic E-state index is 13.1. The fraction of sp³-hybridized carbons (Fsp3) is 0.533. The molecule has 0 radical (unpaired) electrons. The Morgan fingerprint density at radius 3 is 2.24 bits per heavy atom. The summed E-state index contributed by atoms with van der Waals surface area (Å²) in [5, 5.41) is 2.83. The van der Waals surface area contributed by atoms with E-state index in [1.165, 1.54) is 12.1 Å². The van der Waals surface area contributed by atoms with E-state index in [0.717, 1.165) is 31.7 Å². The van der Waals surface area contributed by atoms with Crippen molar-refractivity contribution in [3.05, 3.63) is 33.8 Å². The van der Waals surface area contributed by atoms with Crippen LogP contribution in [0.25, 0.3) is 0 Å². The second kappa shape index (κ2) is 5.30. The molecule has 0 atom stereocenters. The third-order valence-electron chi connectivity index (χ3n) is 4.09. The van der Waals surface area contributed by atoms with Crippen LogP contribution in [0.2, 0.25) is 0 Å². The zero-order valence-corrected chi connectivity index (χ0v) is 12.8. The molecule has 0 unspecified atom stereocenters. The Hall–Kier alpha value is -1.04. The van der Waals surface area contributed by atoms with Gasteiger partial charge in [-0.2, -0.15) is 13.2 Å². The number of carbonyl (C=O) groups is 1. The van der Waals surface area contributed by atoms with Gasteiger partial charge in [-0.05, 0) is 55.7 Å². The summed E-state index contributed by atoms with van der Waals surface area (Å²) in [6.45, 7) is 0. The minimum Gasteiger partial charge on any atom is -0.349 e. The van der Waals surface area contributed by atoms with Crippen LogP contribution in [0, 0.1) is 11.8 Å². The Morgan fingerprint density at radius 2 is 1.76 bits per heavy atom. The Kier molecular flexibility index (Phi) is 3.76. The number of amides is 1. The largest absolute Gasteiger partial charge is 0.417 e. The Labute approximate surface area is 129 Å². The van der Waals surface area contributed by atoms with E-state index in [1.54, 1.807) is 0 Å². The minimum atomic E-state index is -4.54. The van der Waals surface area contributed by atoms with E-state index in [0.29, 0.717) is 16.3 Å². The van der Waals surface area contributed by atoms with E-state index in [2.05, 4.69) is 21.2 Å². The van der Waals surface area contributed by atoms with Gasteiger partial charge in [-0.25, -0.2) is 0 Å². The molecule has 2 fully saturated rings. The van der Waals surface area contributed by atoms with Crippen LogP contribution in [0.15, 0.2) is 22.7 Å². The number of rotatable bonds is 4. The van der Waals surface area contributed by atoms with Gasteiger partial charge in [0.2, 0.25) is 0 Å². The van der Waals surface area contributed by atoms with E-state index in [-0.39, 0.29) is 11.6 Å². The average Bonchev–Trinajstić information content (AvgIpc) is 3.27. The Morgan fingerprint density at radius 1 is 1.19 bits per heavy atom. The Balaban J connectivity index is 1.83. The summed E-state index contributed by atoms with van der Waals surface area (Å²) in [6.07, 6.45) is -0.283. The van der Waals surface area contributed by atoms with Crippen molar-refractivity contribution >= 4 is 21.8 Å². The van der Waals surface area contributed by atoms with Crippen molar-refractivity contribution in [1.82, 2.24) is 5.32 Å². The maximum Gasteiger partial charge on any atom is 0.417 e. The SMILES string of the molecule is O=C(NC(C1CC1)C1CC1)c1ccc(Br)cc1C(F)(F)F. The Bertz CT molecular complexity index is 553. The second-order valence-electron chi connectivity index (χ2n) is 5.86. The lowest BCUT2D eigenvalue weighted by Gasteiger charge is -2.19. The molecule has 1 aromatic rings. The van der Waals surface area contributed by atoms with Crippen LogP contribution in [-0.2, 0) is 6.18 Å². The highest BCUT2D eigenvalue weighted by molar-refractivity contribution is 9.10. The number of benzene rings is 1. The highest BCUT2D eigenvalue weighted by atomic mass is 79.9. The van der Waals surface area contributed by atoms with Gasteiger partial charge in [-0.15, -0.1) is 0 Å². The number of carbonyl (C=O) groups excluding carboxylic acids is 1. The lowest BCUT2D eigenvalue weighted by molar-refractivity contribution is -0.138. The summed E-state index contributed by atoms with van der Waals surface area (Å²) >= 11 is 3.02. The van der Waals surface area contributed by atoms with E-state index >= 15 is 0 Å². The maximum absolute atomic E-state index is 13.1. The molecule has 2 saturated carbocycles. The number of hydrogen-bond acceptors (Lipinski definition) is 1. The molecular weight excluding hydrogens is 347 g/mol. The summed E-state index contributed by atoms with van der Waals surface area (Å²) in [4.78, 5) is 12.3. The van der Waals surface area contributed by atoms with E-state index < -0.39 is 17.6 Å². The van der Waals surface area contributed by atoms with Crippen molar-refractivity contribution in [1.29, 1.82) is 0 Å². The van der Waals surface area contributed by atoms with Crippen molar-refractivity contribution in [2.24, 2.45) is 11.8 Å². The molecule has 0 bridgehead atoms. The fourth-order valence-electron chi connectivity index (χ4n) is 2.71. The molecule has 0 saturated heterocycles. The molecule has 6 heteroatoms. The quantitative estimate of drug-likeness (QED) is 0.846. The number of hydrogen-bond donors (Lipinski definition) is 1. The fourth-order valence-corrected chi connectivity index (χ4v) is 3.07. The lowest BCUT2D eigenvalue weighted by Crippen LogP contribution is -2.38. The predicted octanol–water partition coefficient (Wildman–Crippen LogP) is 4.39. The van der Waals surface area contributed by atoms with Crippen molar-refractivity contribution in [2.45, 2.75) is 37.9 Å². The molecule has 0 spiro atoms. The zero-order chi connectivity index (χ0) is 15.2. The van der Waals surface area contributed by atoms with Crippen LogP contribution >= 0.6 is 15.9 Å². The van der Waals surface area contributed by atoms with Gasteiger partial charge in [0.25, 0.3) is 5.91 Å². The van der Waals surface area contributed by atoms with Crippen molar-refractivity contribution in [2.75, 3.05) is 0 Å². The summed E-state index contributed by atoms with van der Waals surface area (Å²) in [5.74, 6) is 0.288. The first-order chi connectivity index (χ1) is 9.86. The highest BCUT2D eigenvalue weighted by Crippen LogP contribution is 2.44. The molecule has 0 aliphatic heterocycles. The summed E-state index contributed by atoms with van der Waals surface area (Å²) in [7, 11) is 0. The highest BCUT2D eigenvalue weighted by Gasteiger charge is 2.43. The van der Waals surface area contributed by atoms with Crippen molar-refractivity contribution < 1.29 is 18.0 Å². The van der Waals surface area contributed by atoms with Crippen LogP contribution in [0.3, 0.4) is 0 Å². The molecular formula is C15H15BrF3NO. The van der Waals surface area contributed by atoms with Crippen LogP contribution in [0.5, 0.6) is 0 Å². The lowest BCUT2D eigenvalue weighted by atomic mass is 10.0. The topological polar surface area (TPSA) is 29.1 Å². The molecule has 3 rings (SSSR count). The van der Waals surface area contributed by atoms with Gasteiger partial charge in [0.05, 0.1) is 11.1 Å². The minimum absolute atomic E-state index is 0.0437. The van der Waals surface area contributed by atoms with Gasteiger partial charge in [0.1, 0.15) is 0 Å². The average molecular weight is 362 g/mol. The van der Waals surface area contributed by atoms with E-state index in [9.17, 15) is 18.0 Å². The predicted molar refractivity (Wildman–Crippen MR) is 75.8 cm³/mol. The molecule has 21 heavy (non-hydrogen) atoms. The molecule has 1 N–H and O–H groups in total. The molecule has 2 aliphatic carbocycles. The first-order valence-electron chi connectivity index (χ1n) is 7.04. The van der Waals surface area contributed by atoms with Gasteiger partial charge < -0.3 is 5.32 Å². The number of halogens is 4. The second-order valence-corrected chi connectivity index (χ2v) is 6.78. The molecule has 0 heterocycles. The van der Waals surface area contributed by atoms with Crippen LogP contribution in [0.4, 0.5) is 13.2 Å². The zero-order valence-electron chi connectivity index (χ0n) is 11.2. The van der Waals surface area contributed by atoms with Gasteiger partial charge in [-0.3, -0.25) is 4.79 Å². The van der Waals surface area contributed by atoms with Gasteiger partial charge in [0.15, 0.2) is 0 Å². The first kappa shape index (κ1) is 14.9. The van der Waals surface area contributed by atoms with Crippen LogP contribution in [-0.4, -0.2) is 11.9 Å². The molecule has 0 aromatic heterocycles. The van der Waals surface area contributed by atoms with Crippen molar-refractivity contribution in [3.63, 3.8) is 0 Å². The number of alkyl halides is 3. The molecule has 2 aliphatic rings. The monoisotopic (exact) mass is 361 g/mol. The third kappa shape index (κ3) is 3.42. The summed E-state index contributed by atoms with van der Waals surface area (Å²) < 4.78 is 39.5. The van der Waals surface area contributed by atoms with Gasteiger partial charge in [0, 0.05) is 10.5 Å². The molecule has 2 nitrogen and oxygen atoms in total. The van der Waals surface area contributed by atoms with Gasteiger partial charge in [-0.1, -0.05) is 15.9 Å². The summed E-state index contributed by atoms with van der Waals surface area (Å²) in [6, 6.07) is 3.70. The van der Waals surface area contributed by atoms with Crippen LogP contribution < -0.4 is 5.32 Å². The van der Waals surface area contributed by atoms with Gasteiger partial charge >= 0.3 is 6.18 Å². The molecule has 114 valence electrons. The number of nitrogens with one attached hydrogen (secondary N) is 1. The van der Waals surface area contributed by atoms with Crippen LogP contribution in [0.1, 0.15) is 41.6 Å². The molecule has 1 aromatic carbocycles.